The van der Waals surface area contributed by atoms with Gasteiger partial charge in [0.05, 0.1) is 23.8 Å². The summed E-state index contributed by atoms with van der Waals surface area (Å²) in [6.07, 6.45) is 0.839. The maximum Gasteiger partial charge on any atom is 0.337 e. The molecule has 0 heterocycles. The second kappa shape index (κ2) is 7.10. The molecule has 0 N–H and O–H groups in total. The van der Waals surface area contributed by atoms with Crippen molar-refractivity contribution in [2.45, 2.75) is 6.42 Å². The van der Waals surface area contributed by atoms with E-state index in [0.29, 0.717) is 17.9 Å². The Hall–Kier alpha value is -1.81. The highest BCUT2D eigenvalue weighted by atomic mass is 79.9. The van der Waals surface area contributed by atoms with Crippen molar-refractivity contribution < 1.29 is 14.3 Å². The van der Waals surface area contributed by atoms with Gasteiger partial charge in [-0.3, -0.25) is 0 Å². The summed E-state index contributed by atoms with van der Waals surface area (Å²) in [7, 11) is 1.36. The highest BCUT2D eigenvalue weighted by Crippen LogP contribution is 2.26. The minimum Gasteiger partial charge on any atom is -0.492 e. The molecular weight excluding hydrogens is 320 g/mol. The fourth-order valence-corrected chi connectivity index (χ4v) is 2.28. The van der Waals surface area contributed by atoms with Crippen LogP contribution in [0.25, 0.3) is 0 Å². The number of halogens is 1. The molecule has 4 heteroatoms. The maximum absolute atomic E-state index is 11.4. The summed E-state index contributed by atoms with van der Waals surface area (Å²) >= 11 is 3.40. The van der Waals surface area contributed by atoms with E-state index in [-0.39, 0.29) is 5.97 Å². The molecule has 2 rings (SSSR count). The molecule has 0 aliphatic heterocycles. The third kappa shape index (κ3) is 3.84. The Bertz CT molecular complexity index is 582. The van der Waals surface area contributed by atoms with E-state index in [1.807, 2.05) is 18.2 Å². The van der Waals surface area contributed by atoms with Crippen molar-refractivity contribution in [1.29, 1.82) is 0 Å². The van der Waals surface area contributed by atoms with Crippen LogP contribution in [0.2, 0.25) is 0 Å². The van der Waals surface area contributed by atoms with Crippen LogP contribution in [0.15, 0.2) is 53.0 Å². The van der Waals surface area contributed by atoms with Gasteiger partial charge in [-0.1, -0.05) is 30.3 Å². The van der Waals surface area contributed by atoms with Gasteiger partial charge in [-0.25, -0.2) is 4.79 Å². The molecule has 0 saturated carbocycles. The lowest BCUT2D eigenvalue weighted by Crippen LogP contribution is -2.04. The number of hydrogen-bond acceptors (Lipinski definition) is 3. The number of ether oxygens (including phenoxy) is 2. The Labute approximate surface area is 126 Å². The van der Waals surface area contributed by atoms with E-state index in [1.54, 1.807) is 18.2 Å². The summed E-state index contributed by atoms with van der Waals surface area (Å²) in [5.41, 5.74) is 1.73. The van der Waals surface area contributed by atoms with Crippen LogP contribution in [-0.4, -0.2) is 19.7 Å². The monoisotopic (exact) mass is 334 g/mol. The van der Waals surface area contributed by atoms with Gasteiger partial charge in [0.1, 0.15) is 5.75 Å². The molecule has 104 valence electrons. The number of carbonyl (C=O) groups is 1. The Balaban J connectivity index is 1.95. The van der Waals surface area contributed by atoms with Crippen LogP contribution in [0.3, 0.4) is 0 Å². The van der Waals surface area contributed by atoms with Crippen LogP contribution >= 0.6 is 15.9 Å². The van der Waals surface area contributed by atoms with E-state index in [9.17, 15) is 4.79 Å². The first-order valence-corrected chi connectivity index (χ1v) is 7.04. The van der Waals surface area contributed by atoms with Gasteiger partial charge in [0, 0.05) is 6.42 Å². The lowest BCUT2D eigenvalue weighted by molar-refractivity contribution is 0.0600. The van der Waals surface area contributed by atoms with Gasteiger partial charge in [0.15, 0.2) is 0 Å². The summed E-state index contributed by atoms with van der Waals surface area (Å²) in [6.45, 7) is 0.584. The molecule has 0 aromatic heterocycles. The predicted molar refractivity (Wildman–Crippen MR) is 81.1 cm³/mol. The van der Waals surface area contributed by atoms with Gasteiger partial charge in [-0.15, -0.1) is 0 Å². The van der Waals surface area contributed by atoms with Crippen molar-refractivity contribution in [3.63, 3.8) is 0 Å². The van der Waals surface area contributed by atoms with Crippen LogP contribution in [0.1, 0.15) is 15.9 Å². The van der Waals surface area contributed by atoms with E-state index in [2.05, 4.69) is 32.8 Å². The highest BCUT2D eigenvalue weighted by molar-refractivity contribution is 9.10. The second-order valence-corrected chi connectivity index (χ2v) is 5.08. The minimum atomic E-state index is -0.360. The van der Waals surface area contributed by atoms with Gasteiger partial charge in [-0.05, 0) is 39.7 Å². The van der Waals surface area contributed by atoms with E-state index >= 15 is 0 Å². The second-order valence-electron chi connectivity index (χ2n) is 4.22. The average Bonchev–Trinajstić information content (AvgIpc) is 2.49. The average molecular weight is 335 g/mol. The molecule has 0 unspecified atom stereocenters. The molecule has 0 saturated heterocycles. The summed E-state index contributed by atoms with van der Waals surface area (Å²) in [6, 6.07) is 15.3. The Kier molecular flexibility index (Phi) is 5.18. The van der Waals surface area contributed by atoms with Crippen LogP contribution in [0.5, 0.6) is 5.75 Å². The molecule has 0 spiro atoms. The van der Waals surface area contributed by atoms with Crippen LogP contribution in [0, 0.1) is 0 Å². The Morgan fingerprint density at radius 2 is 1.90 bits per heavy atom. The van der Waals surface area contributed by atoms with Crippen molar-refractivity contribution in [3.05, 3.63) is 64.1 Å². The van der Waals surface area contributed by atoms with Gasteiger partial charge < -0.3 is 9.47 Å². The highest BCUT2D eigenvalue weighted by Gasteiger charge is 2.09. The van der Waals surface area contributed by atoms with Crippen LogP contribution in [-0.2, 0) is 11.2 Å². The summed E-state index contributed by atoms with van der Waals surface area (Å²) in [5, 5.41) is 0. The molecule has 0 fully saturated rings. The molecule has 0 amide bonds. The first-order valence-electron chi connectivity index (χ1n) is 6.25. The number of methoxy groups -OCH3 is 1. The van der Waals surface area contributed by atoms with Crippen molar-refractivity contribution >= 4 is 21.9 Å². The molecule has 3 nitrogen and oxygen atoms in total. The molecule has 20 heavy (non-hydrogen) atoms. The lowest BCUT2D eigenvalue weighted by atomic mass is 10.2. The summed E-state index contributed by atoms with van der Waals surface area (Å²) in [5.74, 6) is 0.357. The van der Waals surface area contributed by atoms with E-state index in [1.165, 1.54) is 12.7 Å². The van der Waals surface area contributed by atoms with Gasteiger partial charge in [0.25, 0.3) is 0 Å². The zero-order valence-electron chi connectivity index (χ0n) is 11.1. The maximum atomic E-state index is 11.4. The molecular formula is C16H15BrO3. The van der Waals surface area contributed by atoms with Gasteiger partial charge in [0.2, 0.25) is 0 Å². The third-order valence-corrected chi connectivity index (χ3v) is 3.46. The number of esters is 1. The SMILES string of the molecule is COC(=O)c1ccc(OCCc2ccccc2)c(Br)c1. The smallest absolute Gasteiger partial charge is 0.337 e. The number of carbonyl (C=O) groups excluding carboxylic acids is 1. The normalized spacial score (nSPS) is 10.1. The first kappa shape index (κ1) is 14.6. The predicted octanol–water partition coefficient (Wildman–Crippen LogP) is 3.86. The topological polar surface area (TPSA) is 35.5 Å². The zero-order chi connectivity index (χ0) is 14.4. The Morgan fingerprint density at radius 1 is 1.15 bits per heavy atom. The molecule has 0 atom stereocenters. The summed E-state index contributed by atoms with van der Waals surface area (Å²) in [4.78, 5) is 11.4. The van der Waals surface area contributed by atoms with Crippen molar-refractivity contribution in [3.8, 4) is 5.75 Å². The van der Waals surface area contributed by atoms with Gasteiger partial charge >= 0.3 is 5.97 Å². The number of benzene rings is 2. The van der Waals surface area contributed by atoms with Crippen LogP contribution in [0.4, 0.5) is 0 Å². The zero-order valence-corrected chi connectivity index (χ0v) is 12.7. The molecule has 0 radical (unpaired) electrons. The van der Waals surface area contributed by atoms with Crippen molar-refractivity contribution in [2.75, 3.05) is 13.7 Å². The minimum absolute atomic E-state index is 0.360. The van der Waals surface area contributed by atoms with E-state index in [0.717, 1.165) is 10.9 Å². The third-order valence-electron chi connectivity index (χ3n) is 2.84. The van der Waals surface area contributed by atoms with E-state index < -0.39 is 0 Å². The molecule has 0 aliphatic rings. The summed E-state index contributed by atoms with van der Waals surface area (Å²) < 4.78 is 11.1. The standard InChI is InChI=1S/C16H15BrO3/c1-19-16(18)13-7-8-15(14(17)11-13)20-10-9-12-5-3-2-4-6-12/h2-8,11H,9-10H2,1H3. The fraction of sp³-hybridized carbons (Fsp3) is 0.188. The fourth-order valence-electron chi connectivity index (χ4n) is 1.79. The van der Waals surface area contributed by atoms with E-state index in [4.69, 9.17) is 4.74 Å². The molecule has 2 aromatic carbocycles. The van der Waals surface area contributed by atoms with Gasteiger partial charge in [-0.2, -0.15) is 0 Å². The Morgan fingerprint density at radius 3 is 2.55 bits per heavy atom. The largest absolute Gasteiger partial charge is 0.492 e. The quantitative estimate of drug-likeness (QED) is 0.779. The van der Waals surface area contributed by atoms with Crippen LogP contribution < -0.4 is 4.74 Å². The lowest BCUT2D eigenvalue weighted by Gasteiger charge is -2.09. The van der Waals surface area contributed by atoms with Crippen molar-refractivity contribution in [2.24, 2.45) is 0 Å². The molecule has 0 aliphatic carbocycles. The number of hydrogen-bond donors (Lipinski definition) is 0. The first-order chi connectivity index (χ1) is 9.70. The molecule has 2 aromatic rings. The number of rotatable bonds is 5. The van der Waals surface area contributed by atoms with Crippen molar-refractivity contribution in [1.82, 2.24) is 0 Å². The molecule has 0 bridgehead atoms.